The number of benzene rings is 1. The maximum atomic E-state index is 11.7. The second kappa shape index (κ2) is 6.32. The van der Waals surface area contributed by atoms with Crippen molar-refractivity contribution in [3.05, 3.63) is 42.5 Å². The number of aryl methyl sites for hydroxylation is 1. The quantitative estimate of drug-likeness (QED) is 0.444. The highest BCUT2D eigenvalue weighted by Gasteiger charge is 2.17. The first-order chi connectivity index (χ1) is 8.45. The van der Waals surface area contributed by atoms with Gasteiger partial charge in [0.1, 0.15) is 6.61 Å². The number of ether oxygens (including phenoxy) is 1. The first kappa shape index (κ1) is 14.4. The standard InChI is InChI=1S/C12H14O5S/c1-3-8-16-12(13)9-17-18(14,15)11-6-4-10(2)5-7-11/h3-7H,1,8-9H2,2H3. The maximum Gasteiger partial charge on any atom is 0.333 e. The summed E-state index contributed by atoms with van der Waals surface area (Å²) in [7, 11) is -3.92. The molecule has 0 unspecified atom stereocenters. The van der Waals surface area contributed by atoms with E-state index in [0.717, 1.165) is 5.56 Å². The third-order valence-corrected chi connectivity index (χ3v) is 3.28. The number of hydrogen-bond donors (Lipinski definition) is 0. The van der Waals surface area contributed by atoms with Crippen molar-refractivity contribution >= 4 is 16.1 Å². The Morgan fingerprint density at radius 2 is 1.94 bits per heavy atom. The van der Waals surface area contributed by atoms with Gasteiger partial charge in [-0.25, -0.2) is 4.79 Å². The largest absolute Gasteiger partial charge is 0.460 e. The smallest absolute Gasteiger partial charge is 0.333 e. The molecule has 1 aromatic rings. The van der Waals surface area contributed by atoms with Crippen molar-refractivity contribution in [2.24, 2.45) is 0 Å². The Morgan fingerprint density at radius 1 is 1.33 bits per heavy atom. The molecular formula is C12H14O5S. The van der Waals surface area contributed by atoms with E-state index in [1.165, 1.54) is 18.2 Å². The predicted molar refractivity (Wildman–Crippen MR) is 65.5 cm³/mol. The van der Waals surface area contributed by atoms with Crippen LogP contribution in [-0.2, 0) is 23.8 Å². The van der Waals surface area contributed by atoms with Crippen LogP contribution in [-0.4, -0.2) is 27.6 Å². The van der Waals surface area contributed by atoms with Crippen LogP contribution in [0.15, 0.2) is 41.8 Å². The molecule has 0 bridgehead atoms. The van der Waals surface area contributed by atoms with E-state index in [1.54, 1.807) is 12.1 Å². The molecule has 0 aliphatic rings. The molecule has 0 radical (unpaired) electrons. The molecule has 0 saturated heterocycles. The fourth-order valence-electron chi connectivity index (χ4n) is 1.09. The van der Waals surface area contributed by atoms with Gasteiger partial charge < -0.3 is 4.74 Å². The molecule has 0 amide bonds. The lowest BCUT2D eigenvalue weighted by atomic mass is 10.2. The molecule has 0 aromatic heterocycles. The highest BCUT2D eigenvalue weighted by Crippen LogP contribution is 2.12. The highest BCUT2D eigenvalue weighted by molar-refractivity contribution is 7.86. The van der Waals surface area contributed by atoms with Gasteiger partial charge in [0.25, 0.3) is 10.1 Å². The molecule has 0 atom stereocenters. The van der Waals surface area contributed by atoms with Gasteiger partial charge in [-0.1, -0.05) is 30.4 Å². The van der Waals surface area contributed by atoms with Gasteiger partial charge >= 0.3 is 5.97 Å². The maximum absolute atomic E-state index is 11.7. The number of carbonyl (C=O) groups excluding carboxylic acids is 1. The first-order valence-electron chi connectivity index (χ1n) is 5.18. The third-order valence-electron chi connectivity index (χ3n) is 2.00. The van der Waals surface area contributed by atoms with Gasteiger partial charge in [0, 0.05) is 0 Å². The second-order valence-corrected chi connectivity index (χ2v) is 5.12. The SMILES string of the molecule is C=CCOC(=O)COS(=O)(=O)c1ccc(C)cc1. The average molecular weight is 270 g/mol. The van der Waals surface area contributed by atoms with Crippen molar-refractivity contribution in [1.82, 2.24) is 0 Å². The molecule has 0 spiro atoms. The summed E-state index contributed by atoms with van der Waals surface area (Å²) in [5.41, 5.74) is 0.930. The molecule has 6 heteroatoms. The van der Waals surface area contributed by atoms with E-state index in [0.29, 0.717) is 0 Å². The summed E-state index contributed by atoms with van der Waals surface area (Å²) in [5.74, 6) is -0.759. The van der Waals surface area contributed by atoms with E-state index in [-0.39, 0.29) is 11.5 Å². The number of esters is 1. The van der Waals surface area contributed by atoms with Gasteiger partial charge in [0.05, 0.1) is 4.90 Å². The van der Waals surface area contributed by atoms with Crippen molar-refractivity contribution in [2.45, 2.75) is 11.8 Å². The summed E-state index contributed by atoms with van der Waals surface area (Å²) in [4.78, 5) is 11.1. The summed E-state index contributed by atoms with van der Waals surface area (Å²) in [6, 6.07) is 6.12. The minimum atomic E-state index is -3.92. The van der Waals surface area contributed by atoms with Crippen LogP contribution in [0.3, 0.4) is 0 Å². The van der Waals surface area contributed by atoms with E-state index >= 15 is 0 Å². The Labute approximate surface area is 106 Å². The zero-order valence-corrected chi connectivity index (χ0v) is 10.8. The minimum Gasteiger partial charge on any atom is -0.460 e. The van der Waals surface area contributed by atoms with Crippen LogP contribution in [0.4, 0.5) is 0 Å². The lowest BCUT2D eigenvalue weighted by molar-refractivity contribution is -0.144. The summed E-state index contributed by atoms with van der Waals surface area (Å²) < 4.78 is 32.5. The van der Waals surface area contributed by atoms with E-state index in [2.05, 4.69) is 15.5 Å². The molecule has 18 heavy (non-hydrogen) atoms. The highest BCUT2D eigenvalue weighted by atomic mass is 32.2. The van der Waals surface area contributed by atoms with Gasteiger partial charge in [-0.05, 0) is 19.1 Å². The zero-order chi connectivity index (χ0) is 13.6. The Bertz CT molecular complexity index is 516. The van der Waals surface area contributed by atoms with Crippen LogP contribution in [0.25, 0.3) is 0 Å². The van der Waals surface area contributed by atoms with E-state index < -0.39 is 22.7 Å². The molecule has 0 aliphatic heterocycles. The number of hydrogen-bond acceptors (Lipinski definition) is 5. The van der Waals surface area contributed by atoms with Gasteiger partial charge in [0.15, 0.2) is 6.61 Å². The van der Waals surface area contributed by atoms with Crippen LogP contribution in [0.5, 0.6) is 0 Å². The van der Waals surface area contributed by atoms with Crippen LogP contribution < -0.4 is 0 Å². The molecule has 1 aromatic carbocycles. The molecule has 0 heterocycles. The van der Waals surface area contributed by atoms with Gasteiger partial charge in [-0.2, -0.15) is 8.42 Å². The lowest BCUT2D eigenvalue weighted by Gasteiger charge is -2.05. The van der Waals surface area contributed by atoms with Gasteiger partial charge in [0.2, 0.25) is 0 Å². The molecule has 0 fully saturated rings. The van der Waals surface area contributed by atoms with Gasteiger partial charge in [-0.15, -0.1) is 0 Å². The van der Waals surface area contributed by atoms with E-state index in [4.69, 9.17) is 0 Å². The monoisotopic (exact) mass is 270 g/mol. The number of carbonyl (C=O) groups is 1. The molecule has 1 rings (SSSR count). The second-order valence-electron chi connectivity index (χ2n) is 3.50. The summed E-state index contributed by atoms with van der Waals surface area (Å²) in [6.45, 7) is 4.57. The van der Waals surface area contributed by atoms with Crippen molar-refractivity contribution < 1.29 is 22.1 Å². The Balaban J connectivity index is 2.62. The number of rotatable bonds is 6. The molecule has 98 valence electrons. The average Bonchev–Trinajstić information content (AvgIpc) is 2.34. The van der Waals surface area contributed by atoms with Crippen molar-refractivity contribution in [1.29, 1.82) is 0 Å². The molecule has 0 saturated carbocycles. The van der Waals surface area contributed by atoms with Gasteiger partial charge in [-0.3, -0.25) is 4.18 Å². The summed E-state index contributed by atoms with van der Waals surface area (Å²) in [6.07, 6.45) is 1.38. The van der Waals surface area contributed by atoms with E-state index in [1.807, 2.05) is 6.92 Å². The first-order valence-corrected chi connectivity index (χ1v) is 6.59. The third kappa shape index (κ3) is 4.31. The molecule has 0 aliphatic carbocycles. The Kier molecular flexibility index (Phi) is 5.06. The molecular weight excluding hydrogens is 256 g/mol. The molecule has 5 nitrogen and oxygen atoms in total. The summed E-state index contributed by atoms with van der Waals surface area (Å²) >= 11 is 0. The lowest BCUT2D eigenvalue weighted by Crippen LogP contribution is -2.17. The van der Waals surface area contributed by atoms with Crippen molar-refractivity contribution in [3.8, 4) is 0 Å². The Morgan fingerprint density at radius 3 is 2.50 bits per heavy atom. The molecule has 0 N–H and O–H groups in total. The van der Waals surface area contributed by atoms with Crippen LogP contribution in [0.2, 0.25) is 0 Å². The predicted octanol–water partition coefficient (Wildman–Crippen LogP) is 1.43. The Hall–Kier alpha value is -1.66. The van der Waals surface area contributed by atoms with Crippen LogP contribution in [0, 0.1) is 6.92 Å². The van der Waals surface area contributed by atoms with Crippen molar-refractivity contribution in [3.63, 3.8) is 0 Å². The van der Waals surface area contributed by atoms with Crippen LogP contribution in [0.1, 0.15) is 5.56 Å². The fourth-order valence-corrected chi connectivity index (χ4v) is 1.95. The zero-order valence-electron chi connectivity index (χ0n) is 9.96. The van der Waals surface area contributed by atoms with Crippen LogP contribution >= 0.6 is 0 Å². The summed E-state index contributed by atoms with van der Waals surface area (Å²) in [5, 5.41) is 0. The normalized spacial score (nSPS) is 10.9. The van der Waals surface area contributed by atoms with E-state index in [9.17, 15) is 13.2 Å². The fraction of sp³-hybridized carbons (Fsp3) is 0.250. The van der Waals surface area contributed by atoms with Crippen molar-refractivity contribution in [2.75, 3.05) is 13.2 Å². The topological polar surface area (TPSA) is 69.7 Å². The minimum absolute atomic E-state index is 0.00428.